The summed E-state index contributed by atoms with van der Waals surface area (Å²) < 4.78 is 4.84. The minimum absolute atomic E-state index is 0.109. The second kappa shape index (κ2) is 3.46. The first-order valence-corrected chi connectivity index (χ1v) is 3.53. The van der Waals surface area contributed by atoms with Crippen molar-refractivity contribution in [1.82, 2.24) is 0 Å². The molecule has 5 nitrogen and oxygen atoms in total. The van der Waals surface area contributed by atoms with Crippen LogP contribution in [-0.4, -0.2) is 46.5 Å². The van der Waals surface area contributed by atoms with Crippen LogP contribution >= 0.6 is 0 Å². The third-order valence-electron chi connectivity index (χ3n) is 1.83. The standard InChI is InChI=1S/C6H13NO4/c7-6-3(9)1-5(10)11-4(6)2-8/h3-6,8-10H,1-2,7H2/t3-,4-,5-,6+/m1/s1. The lowest BCUT2D eigenvalue weighted by atomic mass is 10.0. The molecule has 5 heteroatoms. The molecule has 1 saturated heterocycles. The van der Waals surface area contributed by atoms with Crippen molar-refractivity contribution in [2.75, 3.05) is 6.61 Å². The molecule has 0 radical (unpaired) electrons. The number of aliphatic hydroxyl groups excluding tert-OH is 3. The van der Waals surface area contributed by atoms with E-state index in [-0.39, 0.29) is 13.0 Å². The van der Waals surface area contributed by atoms with Crippen LogP contribution in [0.15, 0.2) is 0 Å². The van der Waals surface area contributed by atoms with Crippen LogP contribution in [0.25, 0.3) is 0 Å². The summed E-state index contributed by atoms with van der Waals surface area (Å²) in [6.07, 6.45) is -2.36. The molecular formula is C6H13NO4. The van der Waals surface area contributed by atoms with Crippen LogP contribution in [0.4, 0.5) is 0 Å². The molecular weight excluding hydrogens is 150 g/mol. The van der Waals surface area contributed by atoms with Gasteiger partial charge >= 0.3 is 0 Å². The summed E-state index contributed by atoms with van der Waals surface area (Å²) in [5.41, 5.74) is 5.45. The predicted octanol–water partition coefficient (Wildman–Crippen LogP) is -2.23. The lowest BCUT2D eigenvalue weighted by Crippen LogP contribution is -2.54. The topological polar surface area (TPSA) is 95.9 Å². The molecule has 1 fully saturated rings. The Balaban J connectivity index is 2.51. The number of ether oxygens (including phenoxy) is 1. The van der Waals surface area contributed by atoms with E-state index in [2.05, 4.69) is 0 Å². The van der Waals surface area contributed by atoms with Gasteiger partial charge in [0.05, 0.1) is 18.8 Å². The van der Waals surface area contributed by atoms with Gasteiger partial charge in [-0.25, -0.2) is 0 Å². The smallest absolute Gasteiger partial charge is 0.157 e. The Bertz CT molecular complexity index is 132. The number of aliphatic hydroxyl groups is 3. The molecule has 66 valence electrons. The quantitative estimate of drug-likeness (QED) is 0.351. The highest BCUT2D eigenvalue weighted by atomic mass is 16.6. The second-order valence-corrected chi connectivity index (χ2v) is 2.69. The van der Waals surface area contributed by atoms with Gasteiger partial charge in [-0.1, -0.05) is 0 Å². The van der Waals surface area contributed by atoms with Gasteiger partial charge in [0.1, 0.15) is 6.10 Å². The van der Waals surface area contributed by atoms with Crippen molar-refractivity contribution in [3.05, 3.63) is 0 Å². The Morgan fingerprint density at radius 1 is 1.45 bits per heavy atom. The van der Waals surface area contributed by atoms with Gasteiger partial charge in [-0.2, -0.15) is 0 Å². The fraction of sp³-hybridized carbons (Fsp3) is 1.00. The molecule has 0 bridgehead atoms. The molecule has 0 unspecified atom stereocenters. The Kier molecular flexibility index (Phi) is 2.80. The van der Waals surface area contributed by atoms with Crippen LogP contribution in [0, 0.1) is 0 Å². The van der Waals surface area contributed by atoms with Gasteiger partial charge in [0.2, 0.25) is 0 Å². The highest BCUT2D eigenvalue weighted by Crippen LogP contribution is 2.16. The lowest BCUT2D eigenvalue weighted by molar-refractivity contribution is -0.204. The maximum atomic E-state index is 9.17. The minimum atomic E-state index is -1.01. The highest BCUT2D eigenvalue weighted by molar-refractivity contribution is 4.85. The van der Waals surface area contributed by atoms with E-state index < -0.39 is 24.5 Å². The maximum Gasteiger partial charge on any atom is 0.157 e. The van der Waals surface area contributed by atoms with Gasteiger partial charge < -0.3 is 25.8 Å². The van der Waals surface area contributed by atoms with Gasteiger partial charge in [0.25, 0.3) is 0 Å². The molecule has 0 amide bonds. The van der Waals surface area contributed by atoms with E-state index >= 15 is 0 Å². The van der Waals surface area contributed by atoms with E-state index in [4.69, 9.17) is 20.7 Å². The monoisotopic (exact) mass is 163 g/mol. The van der Waals surface area contributed by atoms with Crippen LogP contribution in [0.2, 0.25) is 0 Å². The molecule has 5 N–H and O–H groups in total. The molecule has 0 aromatic carbocycles. The van der Waals surface area contributed by atoms with Gasteiger partial charge in [-0.15, -0.1) is 0 Å². The molecule has 0 saturated carbocycles. The lowest BCUT2D eigenvalue weighted by Gasteiger charge is -2.34. The first-order chi connectivity index (χ1) is 5.15. The molecule has 11 heavy (non-hydrogen) atoms. The van der Waals surface area contributed by atoms with Crippen molar-refractivity contribution in [1.29, 1.82) is 0 Å². The zero-order chi connectivity index (χ0) is 8.43. The summed E-state index contributed by atoms with van der Waals surface area (Å²) in [6.45, 7) is -0.282. The van der Waals surface area contributed by atoms with Crippen molar-refractivity contribution >= 4 is 0 Å². The molecule has 1 aliphatic heterocycles. The third kappa shape index (κ3) is 1.88. The zero-order valence-electron chi connectivity index (χ0n) is 6.05. The van der Waals surface area contributed by atoms with E-state index in [1.54, 1.807) is 0 Å². The SMILES string of the molecule is N[C@H]1[C@H](O)C[C@H](O)O[C@@H]1CO. The Labute approximate surface area is 64.4 Å². The van der Waals surface area contributed by atoms with Crippen molar-refractivity contribution in [3.8, 4) is 0 Å². The summed E-state index contributed by atoms with van der Waals surface area (Å²) in [7, 11) is 0. The predicted molar refractivity (Wildman–Crippen MR) is 36.6 cm³/mol. The maximum absolute atomic E-state index is 9.17. The van der Waals surface area contributed by atoms with E-state index in [0.29, 0.717) is 0 Å². The number of hydrogen-bond acceptors (Lipinski definition) is 5. The molecule has 0 aliphatic carbocycles. The van der Waals surface area contributed by atoms with Gasteiger partial charge in [-0.05, 0) is 0 Å². The first kappa shape index (κ1) is 8.89. The second-order valence-electron chi connectivity index (χ2n) is 2.69. The normalized spacial score (nSPS) is 45.8. The third-order valence-corrected chi connectivity index (χ3v) is 1.83. The summed E-state index contributed by atoms with van der Waals surface area (Å²) in [5.74, 6) is 0. The van der Waals surface area contributed by atoms with E-state index in [0.717, 1.165) is 0 Å². The van der Waals surface area contributed by atoms with Crippen molar-refractivity contribution in [2.45, 2.75) is 31.0 Å². The highest BCUT2D eigenvalue weighted by Gasteiger charge is 2.33. The number of nitrogens with two attached hydrogens (primary N) is 1. The van der Waals surface area contributed by atoms with E-state index in [9.17, 15) is 5.11 Å². The van der Waals surface area contributed by atoms with Crippen molar-refractivity contribution in [2.24, 2.45) is 5.73 Å². The molecule has 1 heterocycles. The van der Waals surface area contributed by atoms with Crippen molar-refractivity contribution < 1.29 is 20.1 Å². The van der Waals surface area contributed by atoms with Crippen LogP contribution in [0.1, 0.15) is 6.42 Å². The summed E-state index contributed by atoms with van der Waals surface area (Å²) in [5, 5.41) is 26.8. The zero-order valence-corrected chi connectivity index (χ0v) is 6.05. The summed E-state index contributed by atoms with van der Waals surface area (Å²) >= 11 is 0. The summed E-state index contributed by atoms with van der Waals surface area (Å²) in [4.78, 5) is 0. The molecule has 1 rings (SSSR count). The van der Waals surface area contributed by atoms with Gasteiger partial charge in [-0.3, -0.25) is 0 Å². The average molecular weight is 163 g/mol. The molecule has 0 aromatic heterocycles. The Morgan fingerprint density at radius 3 is 2.64 bits per heavy atom. The Morgan fingerprint density at radius 2 is 2.09 bits per heavy atom. The van der Waals surface area contributed by atoms with E-state index in [1.165, 1.54) is 0 Å². The van der Waals surface area contributed by atoms with Crippen LogP contribution in [0.5, 0.6) is 0 Å². The number of hydrogen-bond donors (Lipinski definition) is 4. The largest absolute Gasteiger partial charge is 0.394 e. The Hall–Kier alpha value is -0.200. The average Bonchev–Trinajstić information content (AvgIpc) is 1.96. The molecule has 1 aliphatic rings. The fourth-order valence-electron chi connectivity index (χ4n) is 1.12. The van der Waals surface area contributed by atoms with Crippen LogP contribution in [-0.2, 0) is 4.74 Å². The van der Waals surface area contributed by atoms with Crippen LogP contribution in [0.3, 0.4) is 0 Å². The first-order valence-electron chi connectivity index (χ1n) is 3.53. The molecule has 0 spiro atoms. The van der Waals surface area contributed by atoms with Crippen LogP contribution < -0.4 is 5.73 Å². The van der Waals surface area contributed by atoms with E-state index in [1.807, 2.05) is 0 Å². The molecule has 0 aromatic rings. The minimum Gasteiger partial charge on any atom is -0.394 e. The fourth-order valence-corrected chi connectivity index (χ4v) is 1.12. The van der Waals surface area contributed by atoms with Crippen molar-refractivity contribution in [3.63, 3.8) is 0 Å². The summed E-state index contributed by atoms with van der Waals surface area (Å²) in [6, 6.07) is -0.608. The molecule has 4 atom stereocenters. The van der Waals surface area contributed by atoms with Gasteiger partial charge in [0, 0.05) is 6.42 Å². The van der Waals surface area contributed by atoms with Gasteiger partial charge in [0.15, 0.2) is 6.29 Å². The number of rotatable bonds is 1.